The fraction of sp³-hybridized carbons (Fsp3) is 1.00. The fourth-order valence-electron chi connectivity index (χ4n) is 5.11. The molecular weight excluding hydrogens is 229 g/mol. The van der Waals surface area contributed by atoms with Gasteiger partial charge >= 0.3 is 0 Å². The standard InChI is InChI=1S/C17H34BN/c1-11(2)8-16-10-14-9-15(18)6-7-17(14)13(5)19(16)12(3)4/h11-17H,6-10,18H2,1-5H3. The van der Waals surface area contributed by atoms with Gasteiger partial charge < -0.3 is 0 Å². The monoisotopic (exact) mass is 263 g/mol. The molecule has 1 heterocycles. The van der Waals surface area contributed by atoms with Crippen molar-refractivity contribution in [2.75, 3.05) is 0 Å². The highest BCUT2D eigenvalue weighted by molar-refractivity contribution is 6.11. The van der Waals surface area contributed by atoms with E-state index in [1.165, 1.54) is 32.1 Å². The van der Waals surface area contributed by atoms with Crippen molar-refractivity contribution in [3.05, 3.63) is 0 Å². The lowest BCUT2D eigenvalue weighted by atomic mass is 9.61. The molecule has 1 saturated heterocycles. The molecule has 2 fully saturated rings. The predicted molar refractivity (Wildman–Crippen MR) is 87.4 cm³/mol. The van der Waals surface area contributed by atoms with Crippen LogP contribution in [0, 0.1) is 17.8 Å². The average Bonchev–Trinajstić information content (AvgIpc) is 2.26. The van der Waals surface area contributed by atoms with E-state index in [4.69, 9.17) is 0 Å². The summed E-state index contributed by atoms with van der Waals surface area (Å²) >= 11 is 0. The van der Waals surface area contributed by atoms with Gasteiger partial charge in [0, 0.05) is 18.1 Å². The van der Waals surface area contributed by atoms with Gasteiger partial charge in [0.1, 0.15) is 7.85 Å². The molecule has 1 aliphatic carbocycles. The first-order valence-corrected chi connectivity index (χ1v) is 8.67. The van der Waals surface area contributed by atoms with E-state index < -0.39 is 0 Å². The number of hydrogen-bond donors (Lipinski definition) is 0. The van der Waals surface area contributed by atoms with Crippen LogP contribution in [0.15, 0.2) is 0 Å². The smallest absolute Gasteiger partial charge is 0.105 e. The molecule has 1 aliphatic heterocycles. The third-order valence-corrected chi connectivity index (χ3v) is 5.73. The van der Waals surface area contributed by atoms with Crippen LogP contribution in [0.3, 0.4) is 0 Å². The number of nitrogens with zero attached hydrogens (tertiary/aromatic N) is 1. The maximum Gasteiger partial charge on any atom is 0.105 e. The van der Waals surface area contributed by atoms with Crippen molar-refractivity contribution in [1.29, 1.82) is 0 Å². The molecule has 0 radical (unpaired) electrons. The summed E-state index contributed by atoms with van der Waals surface area (Å²) in [6.45, 7) is 12.1. The second-order valence-electron chi connectivity index (χ2n) is 8.14. The van der Waals surface area contributed by atoms with Gasteiger partial charge in [-0.1, -0.05) is 32.5 Å². The quantitative estimate of drug-likeness (QED) is 0.701. The van der Waals surface area contributed by atoms with Crippen LogP contribution in [0.25, 0.3) is 0 Å². The Morgan fingerprint density at radius 1 is 1.11 bits per heavy atom. The van der Waals surface area contributed by atoms with E-state index in [2.05, 4.69) is 47.4 Å². The molecule has 0 amide bonds. The van der Waals surface area contributed by atoms with Gasteiger partial charge in [0.25, 0.3) is 0 Å². The summed E-state index contributed by atoms with van der Waals surface area (Å²) in [5, 5.41) is 0. The van der Waals surface area contributed by atoms with Crippen molar-refractivity contribution in [1.82, 2.24) is 4.90 Å². The lowest BCUT2D eigenvalue weighted by molar-refractivity contribution is -0.0354. The van der Waals surface area contributed by atoms with E-state index >= 15 is 0 Å². The highest BCUT2D eigenvalue weighted by Gasteiger charge is 2.43. The van der Waals surface area contributed by atoms with E-state index in [1.807, 2.05) is 0 Å². The van der Waals surface area contributed by atoms with E-state index in [1.54, 1.807) is 0 Å². The molecule has 0 aromatic heterocycles. The molecule has 0 spiro atoms. The Morgan fingerprint density at radius 2 is 1.79 bits per heavy atom. The lowest BCUT2D eigenvalue weighted by Crippen LogP contribution is -2.56. The first kappa shape index (κ1) is 15.4. The van der Waals surface area contributed by atoms with Crippen molar-refractivity contribution in [2.45, 2.75) is 90.7 Å². The number of piperidine rings is 1. The van der Waals surface area contributed by atoms with Crippen molar-refractivity contribution < 1.29 is 0 Å². The molecule has 5 unspecified atom stereocenters. The summed E-state index contributed by atoms with van der Waals surface area (Å²) in [6.07, 6.45) is 7.29. The zero-order valence-corrected chi connectivity index (χ0v) is 14.0. The van der Waals surface area contributed by atoms with Gasteiger partial charge in [-0.2, -0.15) is 0 Å². The first-order chi connectivity index (χ1) is 8.90. The van der Waals surface area contributed by atoms with Crippen LogP contribution in [0.5, 0.6) is 0 Å². The molecular formula is C17H34BN. The Labute approximate surface area is 121 Å². The SMILES string of the molecule is BC1CCC2C(C1)CC(CC(C)C)N(C(C)C)C2C. The summed E-state index contributed by atoms with van der Waals surface area (Å²) in [7, 11) is 2.47. The van der Waals surface area contributed by atoms with Crippen LogP contribution in [0.2, 0.25) is 5.82 Å². The first-order valence-electron chi connectivity index (χ1n) is 8.67. The molecule has 2 rings (SSSR count). The minimum atomic E-state index is 0.707. The molecule has 1 saturated carbocycles. The van der Waals surface area contributed by atoms with Crippen LogP contribution in [-0.4, -0.2) is 30.9 Å². The van der Waals surface area contributed by atoms with Crippen molar-refractivity contribution in [3.8, 4) is 0 Å². The van der Waals surface area contributed by atoms with Gasteiger partial charge in [0.15, 0.2) is 0 Å². The van der Waals surface area contributed by atoms with E-state index in [9.17, 15) is 0 Å². The molecule has 0 N–H and O–H groups in total. The molecule has 0 aromatic carbocycles. The van der Waals surface area contributed by atoms with E-state index in [0.717, 1.165) is 35.7 Å². The van der Waals surface area contributed by atoms with Gasteiger partial charge in [-0.3, -0.25) is 4.90 Å². The fourth-order valence-corrected chi connectivity index (χ4v) is 5.11. The second-order valence-corrected chi connectivity index (χ2v) is 8.14. The Bertz CT molecular complexity index is 289. The van der Waals surface area contributed by atoms with Gasteiger partial charge in [0.2, 0.25) is 0 Å². The number of likely N-dealkylation sites (tertiary alicyclic amines) is 1. The van der Waals surface area contributed by atoms with Gasteiger partial charge in [-0.15, -0.1) is 0 Å². The van der Waals surface area contributed by atoms with Crippen LogP contribution < -0.4 is 0 Å². The molecule has 5 atom stereocenters. The predicted octanol–water partition coefficient (Wildman–Crippen LogP) is 3.74. The average molecular weight is 263 g/mol. The Morgan fingerprint density at radius 3 is 2.37 bits per heavy atom. The lowest BCUT2D eigenvalue weighted by Gasteiger charge is -2.54. The zero-order chi connectivity index (χ0) is 14.2. The molecule has 2 heteroatoms. The largest absolute Gasteiger partial charge is 0.295 e. The Balaban J connectivity index is 2.14. The number of rotatable bonds is 3. The number of hydrogen-bond acceptors (Lipinski definition) is 1. The highest BCUT2D eigenvalue weighted by atomic mass is 15.2. The van der Waals surface area contributed by atoms with Crippen LogP contribution in [0.4, 0.5) is 0 Å². The summed E-state index contributed by atoms with van der Waals surface area (Å²) in [4.78, 5) is 2.86. The normalized spacial score (nSPS) is 40.7. The number of fused-ring (bicyclic) bond motifs is 1. The summed E-state index contributed by atoms with van der Waals surface area (Å²) in [5.74, 6) is 3.79. The molecule has 0 aromatic rings. The molecule has 110 valence electrons. The molecule has 19 heavy (non-hydrogen) atoms. The molecule has 1 nitrogen and oxygen atoms in total. The Hall–Kier alpha value is 0.0249. The van der Waals surface area contributed by atoms with Crippen LogP contribution >= 0.6 is 0 Å². The minimum absolute atomic E-state index is 0.707. The van der Waals surface area contributed by atoms with Gasteiger partial charge in [-0.25, -0.2) is 0 Å². The minimum Gasteiger partial charge on any atom is -0.295 e. The topological polar surface area (TPSA) is 3.24 Å². The van der Waals surface area contributed by atoms with Crippen LogP contribution in [0.1, 0.15) is 66.7 Å². The van der Waals surface area contributed by atoms with Crippen molar-refractivity contribution in [3.63, 3.8) is 0 Å². The third kappa shape index (κ3) is 3.38. The third-order valence-electron chi connectivity index (χ3n) is 5.73. The highest BCUT2D eigenvalue weighted by Crippen LogP contribution is 2.46. The summed E-state index contributed by atoms with van der Waals surface area (Å²) in [5.41, 5.74) is 0. The maximum atomic E-state index is 2.86. The second kappa shape index (κ2) is 6.20. The molecule has 2 aliphatic rings. The summed E-state index contributed by atoms with van der Waals surface area (Å²) in [6, 6.07) is 2.34. The summed E-state index contributed by atoms with van der Waals surface area (Å²) < 4.78 is 0. The van der Waals surface area contributed by atoms with E-state index in [-0.39, 0.29) is 0 Å². The molecule has 0 bridgehead atoms. The Kier molecular flexibility index (Phi) is 5.03. The van der Waals surface area contributed by atoms with Crippen LogP contribution in [-0.2, 0) is 0 Å². The van der Waals surface area contributed by atoms with Crippen molar-refractivity contribution >= 4 is 7.85 Å². The van der Waals surface area contributed by atoms with Crippen molar-refractivity contribution in [2.24, 2.45) is 17.8 Å². The zero-order valence-electron chi connectivity index (χ0n) is 14.0. The maximum absolute atomic E-state index is 2.86. The van der Waals surface area contributed by atoms with Gasteiger partial charge in [0.05, 0.1) is 0 Å². The van der Waals surface area contributed by atoms with E-state index in [0.29, 0.717) is 6.04 Å². The van der Waals surface area contributed by atoms with Gasteiger partial charge in [-0.05, 0) is 57.8 Å².